The van der Waals surface area contributed by atoms with E-state index in [4.69, 9.17) is 5.73 Å². The first-order valence-electron chi connectivity index (χ1n) is 3.72. The Morgan fingerprint density at radius 2 is 2.25 bits per heavy atom. The smallest absolute Gasteiger partial charge is 0.277 e. The van der Waals surface area contributed by atoms with Crippen LogP contribution < -0.4 is 5.73 Å². The zero-order valence-electron chi connectivity index (χ0n) is 6.40. The third-order valence-corrected chi connectivity index (χ3v) is 1.93. The van der Waals surface area contributed by atoms with Gasteiger partial charge in [-0.2, -0.15) is 0 Å². The molecule has 12 heavy (non-hydrogen) atoms. The van der Waals surface area contributed by atoms with E-state index in [0.717, 1.165) is 5.57 Å². The second kappa shape index (κ2) is 2.53. The number of nitrogens with two attached hydrogens (primary N) is 1. The van der Waals surface area contributed by atoms with Crippen LogP contribution >= 0.6 is 0 Å². The summed E-state index contributed by atoms with van der Waals surface area (Å²) in [5.74, 6) is -0.202. The largest absolute Gasteiger partial charge is 0.321 e. The quantitative estimate of drug-likeness (QED) is 0.555. The Morgan fingerprint density at radius 1 is 1.42 bits per heavy atom. The van der Waals surface area contributed by atoms with Crippen LogP contribution in [0, 0.1) is 0 Å². The Hall–Kier alpha value is -1.48. The molecule has 1 aliphatic heterocycles. The average molecular weight is 160 g/mol. The van der Waals surface area contributed by atoms with Gasteiger partial charge < -0.3 is 5.73 Å². The minimum absolute atomic E-state index is 0.166. The molecule has 0 saturated heterocycles. The van der Waals surface area contributed by atoms with Gasteiger partial charge in [-0.3, -0.25) is 4.79 Å². The number of aliphatic imine (C=N–C) groups is 1. The Balaban J connectivity index is 2.50. The number of carbonyl (C=O) groups is 1. The maximum absolute atomic E-state index is 11.2. The van der Waals surface area contributed by atoms with Crippen molar-refractivity contribution < 1.29 is 4.79 Å². The lowest BCUT2D eigenvalue weighted by Crippen LogP contribution is -2.26. The first-order valence-corrected chi connectivity index (χ1v) is 3.72. The molecular formula is C9H8N2O. The lowest BCUT2D eigenvalue weighted by Gasteiger charge is -2.18. The molecule has 1 heterocycles. The highest BCUT2D eigenvalue weighted by atomic mass is 16.1. The molecule has 0 bridgehead atoms. The fourth-order valence-corrected chi connectivity index (χ4v) is 1.30. The highest BCUT2D eigenvalue weighted by Gasteiger charge is 2.21. The van der Waals surface area contributed by atoms with E-state index in [2.05, 4.69) is 4.99 Å². The molecule has 3 heteroatoms. The maximum Gasteiger partial charge on any atom is 0.277 e. The van der Waals surface area contributed by atoms with E-state index in [9.17, 15) is 4.79 Å². The SMILES string of the molecule is NC1C=CC=C2C(=O)N=CC=C21. The summed E-state index contributed by atoms with van der Waals surface area (Å²) in [7, 11) is 0. The van der Waals surface area contributed by atoms with Crippen LogP contribution in [-0.2, 0) is 4.79 Å². The van der Waals surface area contributed by atoms with Crippen LogP contribution in [0.2, 0.25) is 0 Å². The Bertz CT molecular complexity index is 348. The third kappa shape index (κ3) is 0.950. The molecule has 0 spiro atoms. The molecule has 0 fully saturated rings. The van der Waals surface area contributed by atoms with E-state index in [-0.39, 0.29) is 11.9 Å². The summed E-state index contributed by atoms with van der Waals surface area (Å²) in [6, 6.07) is -0.166. The molecule has 1 aliphatic carbocycles. The summed E-state index contributed by atoms with van der Waals surface area (Å²) in [4.78, 5) is 14.8. The zero-order chi connectivity index (χ0) is 8.55. The minimum atomic E-state index is -0.202. The van der Waals surface area contributed by atoms with Gasteiger partial charge in [0.05, 0.1) is 0 Å². The Labute approximate surface area is 70.0 Å². The van der Waals surface area contributed by atoms with Crippen molar-refractivity contribution >= 4 is 12.1 Å². The first-order chi connectivity index (χ1) is 5.79. The van der Waals surface area contributed by atoms with Crippen molar-refractivity contribution in [2.45, 2.75) is 6.04 Å². The highest BCUT2D eigenvalue weighted by molar-refractivity contribution is 6.08. The molecule has 2 N–H and O–H groups in total. The van der Waals surface area contributed by atoms with Gasteiger partial charge in [-0.25, -0.2) is 4.99 Å². The number of fused-ring (bicyclic) bond motifs is 1. The van der Waals surface area contributed by atoms with E-state index in [1.165, 1.54) is 6.21 Å². The summed E-state index contributed by atoms with van der Waals surface area (Å²) in [5.41, 5.74) is 7.22. The molecule has 60 valence electrons. The number of hydrogen-bond donors (Lipinski definition) is 1. The van der Waals surface area contributed by atoms with Gasteiger partial charge in [0.1, 0.15) is 0 Å². The van der Waals surface area contributed by atoms with Crippen LogP contribution in [0.1, 0.15) is 0 Å². The van der Waals surface area contributed by atoms with Crippen LogP contribution in [0.3, 0.4) is 0 Å². The number of dihydropyridines is 1. The molecule has 0 saturated carbocycles. The molecule has 0 aromatic rings. The van der Waals surface area contributed by atoms with Crippen LogP contribution in [0.25, 0.3) is 0 Å². The number of carbonyl (C=O) groups excluding carboxylic acids is 1. The minimum Gasteiger partial charge on any atom is -0.321 e. The van der Waals surface area contributed by atoms with Crippen molar-refractivity contribution in [3.05, 3.63) is 35.5 Å². The summed E-state index contributed by atoms with van der Waals surface area (Å²) < 4.78 is 0. The van der Waals surface area contributed by atoms with E-state index < -0.39 is 0 Å². The van der Waals surface area contributed by atoms with Gasteiger partial charge in [0, 0.05) is 17.8 Å². The van der Waals surface area contributed by atoms with Crippen molar-refractivity contribution in [1.29, 1.82) is 0 Å². The van der Waals surface area contributed by atoms with E-state index >= 15 is 0 Å². The third-order valence-electron chi connectivity index (χ3n) is 1.93. The van der Waals surface area contributed by atoms with Crippen molar-refractivity contribution in [3.63, 3.8) is 0 Å². The molecule has 0 radical (unpaired) electrons. The van der Waals surface area contributed by atoms with Crippen molar-refractivity contribution in [1.82, 2.24) is 0 Å². The molecule has 1 atom stereocenters. The lowest BCUT2D eigenvalue weighted by atomic mass is 9.92. The molecule has 1 unspecified atom stereocenters. The molecule has 0 aromatic carbocycles. The Kier molecular flexibility index (Phi) is 1.52. The fraction of sp³-hybridized carbons (Fsp3) is 0.111. The predicted molar refractivity (Wildman–Crippen MR) is 46.8 cm³/mol. The summed E-state index contributed by atoms with van der Waals surface area (Å²) in [5, 5.41) is 0. The molecule has 3 nitrogen and oxygen atoms in total. The standard InChI is InChI=1S/C9H8N2O/c10-8-3-1-2-7-6(8)4-5-11-9(7)12/h1-5,8H,10H2. The lowest BCUT2D eigenvalue weighted by molar-refractivity contribution is -0.114. The highest BCUT2D eigenvalue weighted by Crippen LogP contribution is 2.21. The van der Waals surface area contributed by atoms with Crippen molar-refractivity contribution in [3.8, 4) is 0 Å². The topological polar surface area (TPSA) is 55.5 Å². The molecule has 1 amide bonds. The molecular weight excluding hydrogens is 152 g/mol. The summed E-state index contributed by atoms with van der Waals surface area (Å²) in [6.07, 6.45) is 8.65. The fourth-order valence-electron chi connectivity index (χ4n) is 1.30. The van der Waals surface area contributed by atoms with Crippen LogP contribution in [0.4, 0.5) is 0 Å². The van der Waals surface area contributed by atoms with Gasteiger partial charge >= 0.3 is 0 Å². The van der Waals surface area contributed by atoms with Gasteiger partial charge in [-0.05, 0) is 17.7 Å². The maximum atomic E-state index is 11.2. The van der Waals surface area contributed by atoms with E-state index in [1.54, 1.807) is 18.2 Å². The van der Waals surface area contributed by atoms with Gasteiger partial charge in [0.2, 0.25) is 0 Å². The monoisotopic (exact) mass is 160 g/mol. The first kappa shape index (κ1) is 7.18. The van der Waals surface area contributed by atoms with E-state index in [0.29, 0.717) is 5.57 Å². The number of allylic oxidation sites excluding steroid dienone is 3. The van der Waals surface area contributed by atoms with Gasteiger partial charge in [0.25, 0.3) is 5.91 Å². The second-order valence-corrected chi connectivity index (χ2v) is 2.70. The Morgan fingerprint density at radius 3 is 3.00 bits per heavy atom. The summed E-state index contributed by atoms with van der Waals surface area (Å²) >= 11 is 0. The van der Waals surface area contributed by atoms with Gasteiger partial charge in [0.15, 0.2) is 0 Å². The molecule has 0 aromatic heterocycles. The molecule has 2 aliphatic rings. The average Bonchev–Trinajstić information content (AvgIpc) is 2.07. The number of rotatable bonds is 0. The normalized spacial score (nSPS) is 26.4. The van der Waals surface area contributed by atoms with Crippen LogP contribution in [0.15, 0.2) is 40.4 Å². The molecule has 2 rings (SSSR count). The number of nitrogens with zero attached hydrogens (tertiary/aromatic N) is 1. The van der Waals surface area contributed by atoms with E-state index in [1.807, 2.05) is 6.08 Å². The van der Waals surface area contributed by atoms with Crippen LogP contribution in [0.5, 0.6) is 0 Å². The van der Waals surface area contributed by atoms with Crippen molar-refractivity contribution in [2.24, 2.45) is 10.7 Å². The zero-order valence-corrected chi connectivity index (χ0v) is 6.40. The van der Waals surface area contributed by atoms with Gasteiger partial charge in [-0.1, -0.05) is 12.2 Å². The summed E-state index contributed by atoms with van der Waals surface area (Å²) in [6.45, 7) is 0. The van der Waals surface area contributed by atoms with Crippen LogP contribution in [-0.4, -0.2) is 18.2 Å². The number of amides is 1. The number of hydrogen-bond acceptors (Lipinski definition) is 2. The van der Waals surface area contributed by atoms with Gasteiger partial charge in [-0.15, -0.1) is 0 Å². The second-order valence-electron chi connectivity index (χ2n) is 2.70. The van der Waals surface area contributed by atoms with Crippen molar-refractivity contribution in [2.75, 3.05) is 0 Å². The predicted octanol–water partition coefficient (Wildman–Crippen LogP) is 0.347.